The molecule has 0 bridgehead atoms. The van der Waals surface area contributed by atoms with Gasteiger partial charge >= 0.3 is 5.97 Å². The maximum absolute atomic E-state index is 12.2. The number of aryl methyl sites for hydroxylation is 1. The van der Waals surface area contributed by atoms with Crippen molar-refractivity contribution in [3.8, 4) is 11.3 Å². The van der Waals surface area contributed by atoms with Crippen LogP contribution < -0.4 is 4.90 Å². The molecule has 1 heterocycles. The number of carboxylic acids is 1. The first-order chi connectivity index (χ1) is 16.9. The smallest absolute Gasteiger partial charge is 0.311 e. The fourth-order valence-electron chi connectivity index (χ4n) is 4.03. The molecule has 182 valence electrons. The van der Waals surface area contributed by atoms with E-state index in [0.717, 1.165) is 39.3 Å². The molecular weight excluding hydrogens is 434 g/mol. The molecule has 0 saturated carbocycles. The molecular formula is C30H35N3O2. The van der Waals surface area contributed by atoms with Gasteiger partial charge in [0, 0.05) is 37.5 Å². The molecule has 1 atom stereocenters. The second-order valence-corrected chi connectivity index (χ2v) is 8.61. The minimum atomic E-state index is -0.829. The van der Waals surface area contributed by atoms with Crippen LogP contribution in [0.15, 0.2) is 84.9 Å². The lowest BCUT2D eigenvalue weighted by molar-refractivity contribution is -0.138. The second-order valence-electron chi connectivity index (χ2n) is 8.61. The summed E-state index contributed by atoms with van der Waals surface area (Å²) in [6, 6.07) is 28.2. The Bertz CT molecular complexity index is 1230. The first kappa shape index (κ1) is 25.8. The molecule has 0 amide bonds. The third-order valence-corrected chi connectivity index (χ3v) is 5.87. The average Bonchev–Trinajstić information content (AvgIpc) is 3.26. The Hall–Kier alpha value is -3.86. The van der Waals surface area contributed by atoms with E-state index >= 15 is 0 Å². The van der Waals surface area contributed by atoms with Crippen LogP contribution in [-0.2, 0) is 17.8 Å². The van der Waals surface area contributed by atoms with E-state index in [9.17, 15) is 9.90 Å². The van der Waals surface area contributed by atoms with Crippen molar-refractivity contribution in [3.63, 3.8) is 0 Å². The number of nitrogens with zero attached hydrogens (tertiary/aromatic N) is 3. The number of benzene rings is 3. The van der Waals surface area contributed by atoms with Gasteiger partial charge in [-0.1, -0.05) is 86.1 Å². The van der Waals surface area contributed by atoms with Gasteiger partial charge in [0.15, 0.2) is 0 Å². The zero-order valence-corrected chi connectivity index (χ0v) is 21.3. The highest BCUT2D eigenvalue weighted by Gasteiger charge is 2.23. The van der Waals surface area contributed by atoms with Crippen LogP contribution in [0, 0.1) is 6.92 Å². The summed E-state index contributed by atoms with van der Waals surface area (Å²) < 4.78 is 1.94. The highest BCUT2D eigenvalue weighted by Crippen LogP contribution is 2.27. The molecule has 1 N–H and O–H groups in total. The van der Waals surface area contributed by atoms with E-state index in [0.29, 0.717) is 13.0 Å². The van der Waals surface area contributed by atoms with Gasteiger partial charge in [0.05, 0.1) is 18.2 Å². The highest BCUT2D eigenvalue weighted by atomic mass is 16.4. The SMILES string of the molecule is CC.Cc1cccc(C(Cc2cc(-c3ccc(N(C)C)cc3)nn2Cc2ccccc2)C(=O)O)c1. The van der Waals surface area contributed by atoms with E-state index < -0.39 is 11.9 Å². The van der Waals surface area contributed by atoms with E-state index in [4.69, 9.17) is 5.10 Å². The van der Waals surface area contributed by atoms with Gasteiger partial charge in [-0.15, -0.1) is 0 Å². The van der Waals surface area contributed by atoms with Crippen LogP contribution in [0.1, 0.15) is 42.1 Å². The maximum Gasteiger partial charge on any atom is 0.311 e. The Labute approximate surface area is 208 Å². The van der Waals surface area contributed by atoms with Gasteiger partial charge in [-0.2, -0.15) is 5.10 Å². The average molecular weight is 470 g/mol. The van der Waals surface area contributed by atoms with Crippen molar-refractivity contribution in [2.75, 3.05) is 19.0 Å². The lowest BCUT2D eigenvalue weighted by Crippen LogP contribution is -2.17. The molecule has 0 saturated heterocycles. The third-order valence-electron chi connectivity index (χ3n) is 5.87. The Balaban J connectivity index is 0.00000167. The van der Waals surface area contributed by atoms with Crippen LogP contribution in [0.3, 0.4) is 0 Å². The van der Waals surface area contributed by atoms with Crippen LogP contribution >= 0.6 is 0 Å². The van der Waals surface area contributed by atoms with E-state index in [1.807, 2.05) is 88.1 Å². The molecule has 0 aliphatic rings. The summed E-state index contributed by atoms with van der Waals surface area (Å²) in [6.07, 6.45) is 0.369. The number of hydrogen-bond acceptors (Lipinski definition) is 3. The van der Waals surface area contributed by atoms with Gasteiger partial charge in [0.2, 0.25) is 0 Å². The number of rotatable bonds is 8. The standard InChI is InChI=1S/C28H29N3O2.C2H6/c1-20-8-7-11-23(16-20)26(28(32)33)17-25-18-27(22-12-14-24(15-13-22)30(2)3)29-31(25)19-21-9-5-4-6-10-21;1-2/h4-16,18,26H,17,19H2,1-3H3,(H,32,33);1-2H3. The van der Waals surface area contributed by atoms with Crippen molar-refractivity contribution < 1.29 is 9.90 Å². The van der Waals surface area contributed by atoms with Gasteiger partial charge in [-0.3, -0.25) is 9.48 Å². The normalized spacial score (nSPS) is 11.3. The van der Waals surface area contributed by atoms with E-state index in [2.05, 4.69) is 41.3 Å². The maximum atomic E-state index is 12.2. The molecule has 5 heteroatoms. The molecule has 0 radical (unpaired) electrons. The topological polar surface area (TPSA) is 58.4 Å². The quantitative estimate of drug-likeness (QED) is 0.324. The number of hydrogen-bond donors (Lipinski definition) is 1. The molecule has 1 aromatic heterocycles. The van der Waals surface area contributed by atoms with Crippen LogP contribution in [0.25, 0.3) is 11.3 Å². The Morgan fingerprint density at radius 2 is 1.63 bits per heavy atom. The molecule has 0 aliphatic heterocycles. The zero-order valence-electron chi connectivity index (χ0n) is 21.3. The fourth-order valence-corrected chi connectivity index (χ4v) is 4.03. The van der Waals surface area contributed by atoms with Crippen molar-refractivity contribution in [1.29, 1.82) is 0 Å². The Morgan fingerprint density at radius 1 is 0.943 bits per heavy atom. The van der Waals surface area contributed by atoms with Crippen molar-refractivity contribution in [2.45, 2.75) is 39.7 Å². The molecule has 5 nitrogen and oxygen atoms in total. The zero-order chi connectivity index (χ0) is 25.4. The minimum absolute atomic E-state index is 0.369. The minimum Gasteiger partial charge on any atom is -0.481 e. The van der Waals surface area contributed by atoms with Gasteiger partial charge in [0.25, 0.3) is 0 Å². The van der Waals surface area contributed by atoms with E-state index in [1.165, 1.54) is 0 Å². The van der Waals surface area contributed by atoms with Crippen molar-refractivity contribution in [1.82, 2.24) is 9.78 Å². The summed E-state index contributed by atoms with van der Waals surface area (Å²) >= 11 is 0. The van der Waals surface area contributed by atoms with Crippen LogP contribution in [0.2, 0.25) is 0 Å². The highest BCUT2D eigenvalue weighted by molar-refractivity contribution is 5.76. The van der Waals surface area contributed by atoms with Crippen molar-refractivity contribution >= 4 is 11.7 Å². The van der Waals surface area contributed by atoms with Gasteiger partial charge < -0.3 is 10.0 Å². The summed E-state index contributed by atoms with van der Waals surface area (Å²) in [6.45, 7) is 6.57. The molecule has 0 spiro atoms. The molecule has 4 rings (SSSR count). The monoisotopic (exact) mass is 469 g/mol. The van der Waals surface area contributed by atoms with Crippen molar-refractivity contribution in [2.24, 2.45) is 0 Å². The lowest BCUT2D eigenvalue weighted by Gasteiger charge is -2.15. The molecule has 4 aromatic rings. The largest absolute Gasteiger partial charge is 0.481 e. The van der Waals surface area contributed by atoms with Crippen LogP contribution in [-0.4, -0.2) is 35.0 Å². The Morgan fingerprint density at radius 3 is 2.23 bits per heavy atom. The number of aromatic nitrogens is 2. The lowest BCUT2D eigenvalue weighted by atomic mass is 9.93. The van der Waals surface area contributed by atoms with Crippen molar-refractivity contribution in [3.05, 3.63) is 107 Å². The third kappa shape index (κ3) is 6.60. The summed E-state index contributed by atoms with van der Waals surface area (Å²) in [4.78, 5) is 14.3. The predicted molar refractivity (Wildman–Crippen MR) is 144 cm³/mol. The summed E-state index contributed by atoms with van der Waals surface area (Å²) in [5.41, 5.74) is 6.87. The summed E-state index contributed by atoms with van der Waals surface area (Å²) in [5.74, 6) is -1.47. The van der Waals surface area contributed by atoms with E-state index in [-0.39, 0.29) is 0 Å². The van der Waals surface area contributed by atoms with Gasteiger partial charge in [0.1, 0.15) is 0 Å². The number of carbonyl (C=O) groups is 1. The molecule has 0 fully saturated rings. The van der Waals surface area contributed by atoms with E-state index in [1.54, 1.807) is 0 Å². The predicted octanol–water partition coefficient (Wildman–Crippen LogP) is 6.41. The molecule has 1 unspecified atom stereocenters. The fraction of sp³-hybridized carbons (Fsp3) is 0.267. The summed E-state index contributed by atoms with van der Waals surface area (Å²) in [7, 11) is 4.03. The first-order valence-electron chi connectivity index (χ1n) is 12.1. The van der Waals surface area contributed by atoms with Crippen LogP contribution in [0.5, 0.6) is 0 Å². The summed E-state index contributed by atoms with van der Waals surface area (Å²) in [5, 5.41) is 14.9. The Kier molecular flexibility index (Phi) is 8.85. The number of anilines is 1. The molecule has 0 aliphatic carbocycles. The van der Waals surface area contributed by atoms with Gasteiger partial charge in [-0.05, 0) is 36.2 Å². The number of aliphatic carboxylic acids is 1. The molecule has 35 heavy (non-hydrogen) atoms. The van der Waals surface area contributed by atoms with Gasteiger partial charge in [-0.25, -0.2) is 0 Å². The number of carboxylic acid groups (broad SMARTS) is 1. The second kappa shape index (κ2) is 12.0. The molecule has 3 aromatic carbocycles. The van der Waals surface area contributed by atoms with Crippen LogP contribution in [0.4, 0.5) is 5.69 Å². The first-order valence-corrected chi connectivity index (χ1v) is 12.1.